The molecule has 1 heterocycles. The highest BCUT2D eigenvalue weighted by Crippen LogP contribution is 2.36. The van der Waals surface area contributed by atoms with E-state index in [2.05, 4.69) is 15.4 Å². The molecule has 4 aromatic carbocycles. The summed E-state index contributed by atoms with van der Waals surface area (Å²) in [5.74, 6) is -0.471. The van der Waals surface area contributed by atoms with Crippen LogP contribution in [-0.2, 0) is 4.79 Å². The number of nitro benzene ring substituents is 1. The first kappa shape index (κ1) is 27.2. The molecule has 0 fully saturated rings. The number of amides is 1. The highest BCUT2D eigenvalue weighted by Gasteiger charge is 2.22. The van der Waals surface area contributed by atoms with Crippen molar-refractivity contribution in [2.24, 2.45) is 5.10 Å². The molecule has 0 bridgehead atoms. The van der Waals surface area contributed by atoms with E-state index < -0.39 is 28.7 Å². The van der Waals surface area contributed by atoms with Crippen LogP contribution in [0.15, 0.2) is 101 Å². The van der Waals surface area contributed by atoms with Gasteiger partial charge in [-0.15, -0.1) is 0 Å². The molecule has 10 nitrogen and oxygen atoms in total. The number of nitrogens with zero attached hydrogens (tertiary/aromatic N) is 4. The summed E-state index contributed by atoms with van der Waals surface area (Å²) < 4.78 is 6.61. The predicted octanol–water partition coefficient (Wildman–Crippen LogP) is 5.83. The lowest BCUT2D eigenvalue weighted by Crippen LogP contribution is -2.21. The summed E-state index contributed by atoms with van der Waals surface area (Å²) in [5, 5.41) is 19.2. The number of benzene rings is 4. The quantitative estimate of drug-likeness (QED) is 0.143. The molecule has 1 aromatic heterocycles. The standard InChI is InChI=1S/C30H22ClN5O5/c1-19-9-5-7-13-24(19)33-27(37)18-41-28-23(31)15-20(16-26(28)36(39)40)17-32-35-29(21-10-3-2-4-11-21)34-25-14-8-6-12-22(25)30(35)38/h2-17H,18H2,1H3,(H,33,37). The Hall–Kier alpha value is -5.35. The van der Waals surface area contributed by atoms with Gasteiger partial charge in [0, 0.05) is 22.9 Å². The van der Waals surface area contributed by atoms with Gasteiger partial charge in [-0.05, 0) is 36.8 Å². The number of nitro groups is 1. The lowest BCUT2D eigenvalue weighted by atomic mass is 10.2. The fourth-order valence-electron chi connectivity index (χ4n) is 4.12. The molecule has 1 N–H and O–H groups in total. The van der Waals surface area contributed by atoms with Gasteiger partial charge < -0.3 is 10.1 Å². The number of anilines is 1. The van der Waals surface area contributed by atoms with Crippen molar-refractivity contribution in [2.45, 2.75) is 6.92 Å². The predicted molar refractivity (Wildman–Crippen MR) is 158 cm³/mol. The van der Waals surface area contributed by atoms with Crippen molar-refractivity contribution in [1.29, 1.82) is 0 Å². The molecule has 41 heavy (non-hydrogen) atoms. The van der Waals surface area contributed by atoms with E-state index in [9.17, 15) is 19.7 Å². The molecule has 0 radical (unpaired) electrons. The Morgan fingerprint density at radius 1 is 1.07 bits per heavy atom. The third-order valence-corrected chi connectivity index (χ3v) is 6.40. The van der Waals surface area contributed by atoms with E-state index in [0.29, 0.717) is 28.0 Å². The number of halogens is 1. The number of nitrogens with one attached hydrogen (secondary N) is 1. The van der Waals surface area contributed by atoms with Gasteiger partial charge >= 0.3 is 5.69 Å². The maximum absolute atomic E-state index is 13.4. The molecule has 0 spiro atoms. The fraction of sp³-hybridized carbons (Fsp3) is 0.0667. The SMILES string of the molecule is Cc1ccccc1NC(=O)COc1c(Cl)cc(C=Nn2c(-c3ccccc3)nc3ccccc3c2=O)cc1[N+](=O)[O-]. The topological polar surface area (TPSA) is 129 Å². The van der Waals surface area contributed by atoms with Gasteiger partial charge in [-0.2, -0.15) is 9.78 Å². The van der Waals surface area contributed by atoms with Crippen LogP contribution in [0.4, 0.5) is 11.4 Å². The van der Waals surface area contributed by atoms with Crippen LogP contribution in [-0.4, -0.2) is 33.3 Å². The van der Waals surface area contributed by atoms with E-state index in [-0.39, 0.29) is 16.3 Å². The molecule has 11 heteroatoms. The van der Waals surface area contributed by atoms with Gasteiger partial charge in [0.25, 0.3) is 11.5 Å². The average Bonchev–Trinajstić information content (AvgIpc) is 2.97. The first-order valence-electron chi connectivity index (χ1n) is 12.4. The molecule has 0 aliphatic rings. The normalized spacial score (nSPS) is 11.1. The van der Waals surface area contributed by atoms with Crippen LogP contribution in [0, 0.1) is 17.0 Å². The summed E-state index contributed by atoms with van der Waals surface area (Å²) in [6, 6.07) is 25.7. The number of carbonyl (C=O) groups excluding carboxylic acids is 1. The first-order valence-corrected chi connectivity index (χ1v) is 12.8. The number of hydrogen-bond acceptors (Lipinski definition) is 7. The minimum Gasteiger partial charge on any atom is -0.476 e. The third-order valence-electron chi connectivity index (χ3n) is 6.12. The summed E-state index contributed by atoms with van der Waals surface area (Å²) >= 11 is 6.36. The maximum atomic E-state index is 13.4. The molecular formula is C30H22ClN5O5. The van der Waals surface area contributed by atoms with Gasteiger partial charge in [-0.1, -0.05) is 72.3 Å². The summed E-state index contributed by atoms with van der Waals surface area (Å²) in [4.78, 5) is 41.6. The number of ether oxygens (including phenoxy) is 1. The van der Waals surface area contributed by atoms with Crippen molar-refractivity contribution >= 4 is 46.0 Å². The fourth-order valence-corrected chi connectivity index (χ4v) is 4.40. The number of carbonyl (C=O) groups is 1. The number of para-hydroxylation sites is 2. The number of rotatable bonds is 8. The molecule has 0 aliphatic heterocycles. The van der Waals surface area contributed by atoms with Crippen LogP contribution in [0.25, 0.3) is 22.3 Å². The van der Waals surface area contributed by atoms with Crippen molar-refractivity contribution in [3.63, 3.8) is 0 Å². The van der Waals surface area contributed by atoms with Gasteiger partial charge in [0.1, 0.15) is 0 Å². The second-order valence-corrected chi connectivity index (χ2v) is 9.35. The van der Waals surface area contributed by atoms with Crippen LogP contribution in [0.3, 0.4) is 0 Å². The van der Waals surface area contributed by atoms with Crippen LogP contribution >= 0.6 is 11.6 Å². The Kier molecular flexibility index (Phi) is 7.84. The molecule has 0 saturated heterocycles. The molecule has 1 amide bonds. The molecule has 0 atom stereocenters. The molecule has 0 aliphatic carbocycles. The van der Waals surface area contributed by atoms with Crippen molar-refractivity contribution in [3.8, 4) is 17.1 Å². The number of aryl methyl sites for hydroxylation is 1. The average molecular weight is 568 g/mol. The van der Waals surface area contributed by atoms with Gasteiger partial charge in [0.05, 0.1) is 27.1 Å². The third kappa shape index (κ3) is 5.97. The lowest BCUT2D eigenvalue weighted by Gasteiger charge is -2.11. The number of fused-ring (bicyclic) bond motifs is 1. The Morgan fingerprint density at radius 3 is 2.54 bits per heavy atom. The van der Waals surface area contributed by atoms with E-state index in [1.807, 2.05) is 37.3 Å². The van der Waals surface area contributed by atoms with Gasteiger partial charge in [-0.25, -0.2) is 4.98 Å². The molecular weight excluding hydrogens is 546 g/mol. The minimum absolute atomic E-state index is 0.100. The first-order chi connectivity index (χ1) is 19.8. The summed E-state index contributed by atoms with van der Waals surface area (Å²) in [6.45, 7) is 1.34. The zero-order chi connectivity index (χ0) is 28.9. The highest BCUT2D eigenvalue weighted by atomic mass is 35.5. The van der Waals surface area contributed by atoms with Gasteiger partial charge in [0.2, 0.25) is 5.75 Å². The Morgan fingerprint density at radius 2 is 1.78 bits per heavy atom. The summed E-state index contributed by atoms with van der Waals surface area (Å²) in [6.07, 6.45) is 1.28. The Labute approximate surface area is 238 Å². The molecule has 0 saturated carbocycles. The van der Waals surface area contributed by atoms with Crippen molar-refractivity contribution < 1.29 is 14.5 Å². The van der Waals surface area contributed by atoms with Crippen molar-refractivity contribution in [2.75, 3.05) is 11.9 Å². The van der Waals surface area contributed by atoms with E-state index >= 15 is 0 Å². The highest BCUT2D eigenvalue weighted by molar-refractivity contribution is 6.32. The van der Waals surface area contributed by atoms with Crippen LogP contribution in [0.1, 0.15) is 11.1 Å². The number of aromatic nitrogens is 2. The zero-order valence-electron chi connectivity index (χ0n) is 21.7. The summed E-state index contributed by atoms with van der Waals surface area (Å²) in [5.41, 5.74) is 1.98. The maximum Gasteiger partial charge on any atom is 0.313 e. The Balaban J connectivity index is 1.46. The van der Waals surface area contributed by atoms with Crippen molar-refractivity contribution in [3.05, 3.63) is 128 Å². The smallest absolute Gasteiger partial charge is 0.313 e. The molecule has 204 valence electrons. The van der Waals surface area contributed by atoms with Gasteiger partial charge in [-0.3, -0.25) is 19.7 Å². The van der Waals surface area contributed by atoms with E-state index in [4.69, 9.17) is 16.3 Å². The second kappa shape index (κ2) is 11.8. The van der Waals surface area contributed by atoms with Crippen LogP contribution in [0.2, 0.25) is 5.02 Å². The minimum atomic E-state index is -0.670. The molecule has 0 unspecified atom stereocenters. The van der Waals surface area contributed by atoms with E-state index in [1.165, 1.54) is 18.3 Å². The van der Waals surface area contributed by atoms with Gasteiger partial charge in [0.15, 0.2) is 12.4 Å². The Bertz CT molecular complexity index is 1870. The molecule has 5 aromatic rings. The molecule has 5 rings (SSSR count). The number of hydrogen-bond donors (Lipinski definition) is 1. The van der Waals surface area contributed by atoms with E-state index in [1.54, 1.807) is 48.5 Å². The van der Waals surface area contributed by atoms with Crippen LogP contribution < -0.4 is 15.6 Å². The van der Waals surface area contributed by atoms with Crippen LogP contribution in [0.5, 0.6) is 5.75 Å². The second-order valence-electron chi connectivity index (χ2n) is 8.94. The largest absolute Gasteiger partial charge is 0.476 e. The van der Waals surface area contributed by atoms with E-state index in [0.717, 1.165) is 10.2 Å². The van der Waals surface area contributed by atoms with Crippen molar-refractivity contribution in [1.82, 2.24) is 9.66 Å². The monoisotopic (exact) mass is 567 g/mol. The zero-order valence-corrected chi connectivity index (χ0v) is 22.4. The lowest BCUT2D eigenvalue weighted by molar-refractivity contribution is -0.385. The summed E-state index contributed by atoms with van der Waals surface area (Å²) in [7, 11) is 0.